The Morgan fingerprint density at radius 1 is 1.00 bits per heavy atom. The molecule has 0 bridgehead atoms. The Bertz CT molecular complexity index is 592. The summed E-state index contributed by atoms with van der Waals surface area (Å²) in [6.07, 6.45) is 2.24. The minimum atomic E-state index is 0.0178. The van der Waals surface area contributed by atoms with Crippen LogP contribution in [0.25, 0.3) is 0 Å². The van der Waals surface area contributed by atoms with Gasteiger partial charge in [-0.05, 0) is 31.4 Å². The first kappa shape index (κ1) is 16.9. The van der Waals surface area contributed by atoms with E-state index in [1.165, 1.54) is 0 Å². The van der Waals surface area contributed by atoms with Crippen molar-refractivity contribution in [2.45, 2.75) is 25.8 Å². The third-order valence-electron chi connectivity index (χ3n) is 4.56. The number of benzene rings is 1. The number of aryl methyl sites for hydroxylation is 1. The Hall–Kier alpha value is -1.92. The molecule has 0 radical (unpaired) electrons. The number of carbonyl (C=O) groups excluding carboxylic acids is 2. The highest BCUT2D eigenvalue weighted by atomic mass is 16.2. The van der Waals surface area contributed by atoms with Crippen molar-refractivity contribution in [3.05, 3.63) is 29.8 Å². The fourth-order valence-corrected chi connectivity index (χ4v) is 2.92. The molecule has 1 aromatic carbocycles. The molecule has 130 valence electrons. The van der Waals surface area contributed by atoms with Crippen molar-refractivity contribution in [1.82, 2.24) is 15.1 Å². The van der Waals surface area contributed by atoms with E-state index in [-0.39, 0.29) is 11.8 Å². The van der Waals surface area contributed by atoms with E-state index in [0.717, 1.165) is 50.3 Å². The lowest BCUT2D eigenvalue weighted by molar-refractivity contribution is -0.123. The van der Waals surface area contributed by atoms with Gasteiger partial charge < -0.3 is 10.6 Å². The Morgan fingerprint density at radius 3 is 2.17 bits per heavy atom. The van der Waals surface area contributed by atoms with Crippen LogP contribution in [-0.4, -0.2) is 66.9 Å². The lowest BCUT2D eigenvalue weighted by Crippen LogP contribution is -2.51. The predicted octanol–water partition coefficient (Wildman–Crippen LogP) is 0.830. The van der Waals surface area contributed by atoms with Gasteiger partial charge in [0.05, 0.1) is 13.1 Å². The van der Waals surface area contributed by atoms with E-state index in [0.29, 0.717) is 19.1 Å². The van der Waals surface area contributed by atoms with Gasteiger partial charge in [0.1, 0.15) is 0 Å². The van der Waals surface area contributed by atoms with Gasteiger partial charge in [0.2, 0.25) is 11.8 Å². The van der Waals surface area contributed by atoms with Crippen LogP contribution in [0.2, 0.25) is 0 Å². The highest BCUT2D eigenvalue weighted by Gasteiger charge is 2.25. The van der Waals surface area contributed by atoms with E-state index in [9.17, 15) is 9.59 Å². The van der Waals surface area contributed by atoms with Crippen molar-refractivity contribution < 1.29 is 9.59 Å². The van der Waals surface area contributed by atoms with Gasteiger partial charge in [-0.25, -0.2) is 0 Å². The molecule has 1 saturated heterocycles. The van der Waals surface area contributed by atoms with Gasteiger partial charge in [-0.2, -0.15) is 0 Å². The summed E-state index contributed by atoms with van der Waals surface area (Å²) in [5, 5.41) is 5.99. The molecule has 3 rings (SSSR count). The number of carbonyl (C=O) groups is 2. The van der Waals surface area contributed by atoms with E-state index in [4.69, 9.17) is 0 Å². The maximum Gasteiger partial charge on any atom is 0.238 e. The molecular formula is C18H26N4O2. The monoisotopic (exact) mass is 330 g/mol. The van der Waals surface area contributed by atoms with Gasteiger partial charge in [0.15, 0.2) is 0 Å². The summed E-state index contributed by atoms with van der Waals surface area (Å²) in [7, 11) is 0. The first-order valence-electron chi connectivity index (χ1n) is 8.70. The summed E-state index contributed by atoms with van der Waals surface area (Å²) >= 11 is 0. The molecule has 1 aliphatic carbocycles. The quantitative estimate of drug-likeness (QED) is 0.811. The third kappa shape index (κ3) is 5.04. The fraction of sp³-hybridized carbons (Fsp3) is 0.556. The van der Waals surface area contributed by atoms with Crippen molar-refractivity contribution in [3.8, 4) is 0 Å². The van der Waals surface area contributed by atoms with E-state index >= 15 is 0 Å². The molecule has 2 amide bonds. The van der Waals surface area contributed by atoms with Crippen LogP contribution in [-0.2, 0) is 9.59 Å². The molecule has 1 heterocycles. The lowest BCUT2D eigenvalue weighted by atomic mass is 10.2. The molecule has 2 fully saturated rings. The molecule has 6 nitrogen and oxygen atoms in total. The molecule has 6 heteroatoms. The SMILES string of the molecule is Cc1ccccc1NC(=O)CN1CCN(CC(=O)NC2CC2)CC1. The number of nitrogens with zero attached hydrogens (tertiary/aromatic N) is 2. The minimum Gasteiger partial charge on any atom is -0.352 e. The van der Waals surface area contributed by atoms with E-state index in [2.05, 4.69) is 20.4 Å². The Labute approximate surface area is 143 Å². The van der Waals surface area contributed by atoms with Crippen molar-refractivity contribution >= 4 is 17.5 Å². The van der Waals surface area contributed by atoms with Crippen LogP contribution >= 0.6 is 0 Å². The van der Waals surface area contributed by atoms with Gasteiger partial charge >= 0.3 is 0 Å². The molecule has 24 heavy (non-hydrogen) atoms. The second-order valence-corrected chi connectivity index (χ2v) is 6.76. The molecule has 1 aliphatic heterocycles. The summed E-state index contributed by atoms with van der Waals surface area (Å²) in [5.41, 5.74) is 1.94. The number of piperazine rings is 1. The summed E-state index contributed by atoms with van der Waals surface area (Å²) in [5.74, 6) is 0.146. The van der Waals surface area contributed by atoms with Gasteiger partial charge in [0, 0.05) is 37.9 Å². The molecule has 2 N–H and O–H groups in total. The summed E-state index contributed by atoms with van der Waals surface area (Å²) < 4.78 is 0. The lowest BCUT2D eigenvalue weighted by Gasteiger charge is -2.33. The number of hydrogen-bond donors (Lipinski definition) is 2. The highest BCUT2D eigenvalue weighted by molar-refractivity contribution is 5.92. The molecular weight excluding hydrogens is 304 g/mol. The van der Waals surface area contributed by atoms with E-state index < -0.39 is 0 Å². The van der Waals surface area contributed by atoms with Crippen LogP contribution in [0.3, 0.4) is 0 Å². The Balaban J connectivity index is 1.37. The molecule has 0 unspecified atom stereocenters. The Kier molecular flexibility index (Phi) is 5.48. The van der Waals surface area contributed by atoms with Crippen LogP contribution in [0.1, 0.15) is 18.4 Å². The van der Waals surface area contributed by atoms with Crippen molar-refractivity contribution in [1.29, 1.82) is 0 Å². The van der Waals surface area contributed by atoms with Crippen molar-refractivity contribution in [2.75, 3.05) is 44.6 Å². The average molecular weight is 330 g/mol. The molecule has 1 aromatic rings. The molecule has 0 aromatic heterocycles. The number of para-hydroxylation sites is 1. The van der Waals surface area contributed by atoms with Crippen LogP contribution in [0, 0.1) is 6.92 Å². The van der Waals surface area contributed by atoms with Crippen LogP contribution in [0.4, 0.5) is 5.69 Å². The second kappa shape index (κ2) is 7.77. The summed E-state index contributed by atoms with van der Waals surface area (Å²) in [6.45, 7) is 6.15. The van der Waals surface area contributed by atoms with E-state index in [1.807, 2.05) is 31.2 Å². The zero-order chi connectivity index (χ0) is 16.9. The Morgan fingerprint density at radius 2 is 1.58 bits per heavy atom. The van der Waals surface area contributed by atoms with Crippen LogP contribution in [0.5, 0.6) is 0 Å². The number of anilines is 1. The highest BCUT2D eigenvalue weighted by Crippen LogP contribution is 2.18. The van der Waals surface area contributed by atoms with Gasteiger partial charge in [-0.3, -0.25) is 19.4 Å². The standard InChI is InChI=1S/C18H26N4O2/c1-14-4-2-3-5-16(14)20-18(24)13-22-10-8-21(9-11-22)12-17(23)19-15-6-7-15/h2-5,15H,6-13H2,1H3,(H,19,23)(H,20,24). The summed E-state index contributed by atoms with van der Waals surface area (Å²) in [6, 6.07) is 8.21. The topological polar surface area (TPSA) is 64.7 Å². The summed E-state index contributed by atoms with van der Waals surface area (Å²) in [4.78, 5) is 28.3. The normalized spacial score (nSPS) is 19.0. The van der Waals surface area contributed by atoms with Crippen LogP contribution < -0.4 is 10.6 Å². The van der Waals surface area contributed by atoms with Crippen molar-refractivity contribution in [3.63, 3.8) is 0 Å². The van der Waals surface area contributed by atoms with E-state index in [1.54, 1.807) is 0 Å². The molecule has 2 aliphatic rings. The molecule has 1 saturated carbocycles. The van der Waals surface area contributed by atoms with Gasteiger partial charge in [-0.15, -0.1) is 0 Å². The van der Waals surface area contributed by atoms with Crippen molar-refractivity contribution in [2.24, 2.45) is 0 Å². The molecule has 0 spiro atoms. The van der Waals surface area contributed by atoms with Gasteiger partial charge in [0.25, 0.3) is 0 Å². The maximum absolute atomic E-state index is 12.2. The second-order valence-electron chi connectivity index (χ2n) is 6.76. The average Bonchev–Trinajstić information content (AvgIpc) is 3.35. The number of nitrogens with one attached hydrogen (secondary N) is 2. The number of amides is 2. The minimum absolute atomic E-state index is 0.0178. The largest absolute Gasteiger partial charge is 0.352 e. The number of rotatable bonds is 6. The molecule has 0 atom stereocenters. The van der Waals surface area contributed by atoms with Crippen LogP contribution in [0.15, 0.2) is 24.3 Å². The fourth-order valence-electron chi connectivity index (χ4n) is 2.92. The van der Waals surface area contributed by atoms with Gasteiger partial charge in [-0.1, -0.05) is 18.2 Å². The zero-order valence-corrected chi connectivity index (χ0v) is 14.3. The first-order chi connectivity index (χ1) is 11.6. The maximum atomic E-state index is 12.2. The first-order valence-corrected chi connectivity index (χ1v) is 8.70. The zero-order valence-electron chi connectivity index (χ0n) is 14.3. The smallest absolute Gasteiger partial charge is 0.238 e. The number of hydrogen-bond acceptors (Lipinski definition) is 4. The predicted molar refractivity (Wildman–Crippen MR) is 93.9 cm³/mol. The third-order valence-corrected chi connectivity index (χ3v) is 4.56.